The minimum absolute atomic E-state index is 0.0218. The molecule has 1 aliphatic rings. The fraction of sp³-hybridized carbons (Fsp3) is 0.0588. The van der Waals surface area contributed by atoms with Gasteiger partial charge in [0, 0.05) is 19.2 Å². The van der Waals surface area contributed by atoms with Crippen LogP contribution in [0.25, 0.3) is 6.08 Å². The van der Waals surface area contributed by atoms with Crippen molar-refractivity contribution in [2.75, 3.05) is 7.05 Å². The minimum Gasteiger partial charge on any atom is -0.290 e. The van der Waals surface area contributed by atoms with Gasteiger partial charge in [-0.1, -0.05) is 12.1 Å². The Morgan fingerprint density at radius 3 is 2.52 bits per heavy atom. The van der Waals surface area contributed by atoms with Crippen LogP contribution in [-0.4, -0.2) is 27.9 Å². The molecule has 126 valence electrons. The Kier molecular flexibility index (Phi) is 4.62. The van der Waals surface area contributed by atoms with Crippen LogP contribution in [0.2, 0.25) is 0 Å². The van der Waals surface area contributed by atoms with Crippen LogP contribution in [0.1, 0.15) is 5.56 Å². The third kappa shape index (κ3) is 3.58. The summed E-state index contributed by atoms with van der Waals surface area (Å²) in [5.41, 5.74) is 0.787. The number of nitro benzene ring substituents is 1. The van der Waals surface area contributed by atoms with Crippen LogP contribution >= 0.6 is 11.8 Å². The van der Waals surface area contributed by atoms with Crippen molar-refractivity contribution in [1.82, 2.24) is 4.90 Å². The second-order valence-corrected chi connectivity index (χ2v) is 6.18. The molecule has 0 unspecified atom stereocenters. The molecule has 2 aromatic rings. The maximum atomic E-state index is 13.7. The summed E-state index contributed by atoms with van der Waals surface area (Å²) in [6, 6.07) is 11.9. The summed E-state index contributed by atoms with van der Waals surface area (Å²) in [5, 5.41) is 11.0. The molecule has 0 aromatic heterocycles. The van der Waals surface area contributed by atoms with E-state index >= 15 is 0 Å². The fourth-order valence-electron chi connectivity index (χ4n) is 2.14. The summed E-state index contributed by atoms with van der Waals surface area (Å²) in [6.07, 6.45) is 1.62. The van der Waals surface area contributed by atoms with E-state index in [1.54, 1.807) is 37.4 Å². The highest BCUT2D eigenvalue weighted by molar-refractivity contribution is 8.18. The van der Waals surface area contributed by atoms with E-state index in [1.165, 1.54) is 29.2 Å². The van der Waals surface area contributed by atoms with Crippen LogP contribution in [0.4, 0.5) is 15.8 Å². The first kappa shape index (κ1) is 16.8. The molecule has 0 atom stereocenters. The number of thioether (sulfide) groups is 1. The Balaban J connectivity index is 1.88. The Labute approximate surface area is 146 Å². The highest BCUT2D eigenvalue weighted by atomic mass is 32.2. The van der Waals surface area contributed by atoms with Crippen molar-refractivity contribution in [3.05, 3.63) is 74.9 Å². The monoisotopic (exact) mass is 357 g/mol. The number of para-hydroxylation sites is 1. The molecule has 1 amide bonds. The zero-order chi connectivity index (χ0) is 18.0. The number of benzene rings is 2. The lowest BCUT2D eigenvalue weighted by molar-refractivity contribution is -0.384. The zero-order valence-electron chi connectivity index (χ0n) is 13.0. The molecule has 8 heteroatoms. The van der Waals surface area contributed by atoms with E-state index in [0.717, 1.165) is 11.8 Å². The molecule has 1 fully saturated rings. The third-order valence-corrected chi connectivity index (χ3v) is 4.53. The number of aliphatic imine (C=N–C) groups is 1. The average Bonchev–Trinajstić information content (AvgIpc) is 2.85. The summed E-state index contributed by atoms with van der Waals surface area (Å²) >= 11 is 1.12. The van der Waals surface area contributed by atoms with Gasteiger partial charge in [0.2, 0.25) is 0 Å². The molecule has 2 aromatic carbocycles. The number of carbonyl (C=O) groups excluding carboxylic acids is 1. The van der Waals surface area contributed by atoms with Gasteiger partial charge in [0.1, 0.15) is 11.5 Å². The molecule has 0 bridgehead atoms. The Morgan fingerprint density at radius 1 is 1.20 bits per heavy atom. The van der Waals surface area contributed by atoms with Crippen molar-refractivity contribution in [2.45, 2.75) is 0 Å². The van der Waals surface area contributed by atoms with Crippen molar-refractivity contribution in [2.24, 2.45) is 4.99 Å². The quantitative estimate of drug-likeness (QED) is 0.473. The predicted molar refractivity (Wildman–Crippen MR) is 94.9 cm³/mol. The van der Waals surface area contributed by atoms with Gasteiger partial charge < -0.3 is 0 Å². The van der Waals surface area contributed by atoms with Crippen molar-refractivity contribution in [3.8, 4) is 0 Å². The van der Waals surface area contributed by atoms with Crippen molar-refractivity contribution in [3.63, 3.8) is 0 Å². The summed E-state index contributed by atoms with van der Waals surface area (Å²) in [4.78, 5) is 28.5. The molecule has 0 saturated carbocycles. The fourth-order valence-corrected chi connectivity index (χ4v) is 3.12. The smallest absolute Gasteiger partial charge is 0.269 e. The Bertz CT molecular complexity index is 910. The molecule has 0 spiro atoms. The molecule has 3 rings (SSSR count). The number of halogens is 1. The third-order valence-electron chi connectivity index (χ3n) is 3.47. The SMILES string of the molecule is CN1C(=O)/C(=C\c2ccc([N+](=O)[O-])cc2)SC1=Nc1ccccc1F. The number of hydrogen-bond acceptors (Lipinski definition) is 5. The maximum Gasteiger partial charge on any atom is 0.269 e. The maximum absolute atomic E-state index is 13.7. The second-order valence-electron chi connectivity index (χ2n) is 5.17. The van der Waals surface area contributed by atoms with E-state index in [0.29, 0.717) is 15.6 Å². The number of non-ortho nitro benzene ring substituents is 1. The lowest BCUT2D eigenvalue weighted by atomic mass is 10.2. The number of likely N-dealkylation sites (N-methyl/N-ethyl adjacent to an activating group) is 1. The van der Waals surface area contributed by atoms with Gasteiger partial charge >= 0.3 is 0 Å². The van der Waals surface area contributed by atoms with Crippen LogP contribution in [0.3, 0.4) is 0 Å². The standard InChI is InChI=1S/C17H12FN3O3S/c1-20-16(22)15(10-11-6-8-12(9-7-11)21(23)24)25-17(20)19-14-5-3-2-4-13(14)18/h2-10H,1H3/b15-10+,19-17?. The molecule has 1 saturated heterocycles. The number of nitro groups is 1. The van der Waals surface area contributed by atoms with Gasteiger partial charge in [-0.2, -0.15) is 0 Å². The molecule has 0 radical (unpaired) electrons. The number of rotatable bonds is 3. The van der Waals surface area contributed by atoms with E-state index in [2.05, 4.69) is 4.99 Å². The molecule has 1 aliphatic heterocycles. The predicted octanol–water partition coefficient (Wildman–Crippen LogP) is 3.97. The molecule has 6 nitrogen and oxygen atoms in total. The topological polar surface area (TPSA) is 75.8 Å². The number of hydrogen-bond donors (Lipinski definition) is 0. The first-order valence-electron chi connectivity index (χ1n) is 7.21. The van der Waals surface area contributed by atoms with Crippen LogP contribution in [0.15, 0.2) is 58.4 Å². The number of amides is 1. The van der Waals surface area contributed by atoms with Gasteiger partial charge in [-0.15, -0.1) is 0 Å². The summed E-state index contributed by atoms with van der Waals surface area (Å²) in [7, 11) is 1.56. The largest absolute Gasteiger partial charge is 0.290 e. The number of nitrogens with zero attached hydrogens (tertiary/aromatic N) is 3. The van der Waals surface area contributed by atoms with Crippen molar-refractivity contribution < 1.29 is 14.1 Å². The van der Waals surface area contributed by atoms with Gasteiger partial charge in [0.25, 0.3) is 11.6 Å². The molecule has 1 heterocycles. The number of amidine groups is 1. The highest BCUT2D eigenvalue weighted by Crippen LogP contribution is 2.33. The summed E-state index contributed by atoms with van der Waals surface area (Å²) in [6.45, 7) is 0. The first-order valence-corrected chi connectivity index (χ1v) is 8.02. The van der Waals surface area contributed by atoms with Crippen LogP contribution in [0.5, 0.6) is 0 Å². The first-order chi connectivity index (χ1) is 12.0. The highest BCUT2D eigenvalue weighted by Gasteiger charge is 2.30. The van der Waals surface area contributed by atoms with Gasteiger partial charge in [0.05, 0.1) is 9.83 Å². The summed E-state index contributed by atoms with van der Waals surface area (Å²) < 4.78 is 13.7. The lowest BCUT2D eigenvalue weighted by Gasteiger charge is -2.07. The average molecular weight is 357 g/mol. The van der Waals surface area contributed by atoms with Crippen LogP contribution in [0, 0.1) is 15.9 Å². The van der Waals surface area contributed by atoms with E-state index in [-0.39, 0.29) is 17.3 Å². The molecule has 0 aliphatic carbocycles. The zero-order valence-corrected chi connectivity index (χ0v) is 13.9. The van der Waals surface area contributed by atoms with Gasteiger partial charge in [-0.3, -0.25) is 19.8 Å². The molecular formula is C17H12FN3O3S. The van der Waals surface area contributed by atoms with Crippen LogP contribution < -0.4 is 0 Å². The van der Waals surface area contributed by atoms with E-state index in [1.807, 2.05) is 0 Å². The van der Waals surface area contributed by atoms with Crippen LogP contribution in [-0.2, 0) is 4.79 Å². The molecule has 25 heavy (non-hydrogen) atoms. The van der Waals surface area contributed by atoms with Gasteiger partial charge in [0.15, 0.2) is 5.17 Å². The van der Waals surface area contributed by atoms with E-state index in [4.69, 9.17) is 0 Å². The summed E-state index contributed by atoms with van der Waals surface area (Å²) in [5.74, 6) is -0.734. The number of carbonyl (C=O) groups is 1. The second kappa shape index (κ2) is 6.86. The normalized spacial score (nSPS) is 17.5. The lowest BCUT2D eigenvalue weighted by Crippen LogP contribution is -2.23. The van der Waals surface area contributed by atoms with Gasteiger partial charge in [-0.05, 0) is 47.7 Å². The minimum atomic E-state index is -0.487. The molecule has 0 N–H and O–H groups in total. The Hall–Kier alpha value is -3.00. The van der Waals surface area contributed by atoms with E-state index < -0.39 is 10.7 Å². The van der Waals surface area contributed by atoms with Gasteiger partial charge in [-0.25, -0.2) is 9.38 Å². The molecular weight excluding hydrogens is 345 g/mol. The van der Waals surface area contributed by atoms with Crippen molar-refractivity contribution in [1.29, 1.82) is 0 Å². The van der Waals surface area contributed by atoms with Crippen molar-refractivity contribution >= 4 is 40.3 Å². The van der Waals surface area contributed by atoms with E-state index in [9.17, 15) is 19.3 Å². The Morgan fingerprint density at radius 2 is 1.88 bits per heavy atom.